The lowest BCUT2D eigenvalue weighted by atomic mass is 10.1. The SMILES string of the molecule is CCc1ccc(C(=O)N(C(=O)c2ccc(CC)cc2)c2ncc(I)cc2C)cc1. The average molecular weight is 498 g/mol. The largest absolute Gasteiger partial charge is 0.268 e. The van der Waals surface area contributed by atoms with Crippen molar-refractivity contribution in [2.24, 2.45) is 0 Å². The van der Waals surface area contributed by atoms with Crippen LogP contribution in [0.25, 0.3) is 0 Å². The predicted molar refractivity (Wildman–Crippen MR) is 124 cm³/mol. The molecule has 0 radical (unpaired) electrons. The molecule has 0 aliphatic carbocycles. The minimum atomic E-state index is -0.381. The number of hydrogen-bond acceptors (Lipinski definition) is 3. The van der Waals surface area contributed by atoms with E-state index in [1.807, 2.05) is 37.3 Å². The summed E-state index contributed by atoms with van der Waals surface area (Å²) < 4.78 is 0.947. The van der Waals surface area contributed by atoms with Crippen molar-refractivity contribution in [1.82, 2.24) is 4.98 Å². The molecule has 2 aromatic carbocycles. The molecule has 0 N–H and O–H groups in total. The van der Waals surface area contributed by atoms with E-state index in [1.165, 1.54) is 4.90 Å². The number of nitrogens with zero attached hydrogens (tertiary/aromatic N) is 2. The Morgan fingerprint density at radius 2 is 1.31 bits per heavy atom. The second kappa shape index (κ2) is 9.31. The molecule has 148 valence electrons. The summed E-state index contributed by atoms with van der Waals surface area (Å²) in [5, 5.41) is 0. The quantitative estimate of drug-likeness (QED) is 0.340. The van der Waals surface area contributed by atoms with Crippen LogP contribution in [0.3, 0.4) is 0 Å². The molecule has 0 fully saturated rings. The minimum absolute atomic E-state index is 0.361. The summed E-state index contributed by atoms with van der Waals surface area (Å²) >= 11 is 2.17. The summed E-state index contributed by atoms with van der Waals surface area (Å²) in [5.41, 5.74) is 3.96. The van der Waals surface area contributed by atoms with Crippen molar-refractivity contribution in [2.75, 3.05) is 4.90 Å². The van der Waals surface area contributed by atoms with E-state index in [2.05, 4.69) is 41.4 Å². The standard InChI is InChI=1S/C24H23IN2O2/c1-4-17-6-10-19(11-7-17)23(28)27(22-16(3)14-21(25)15-26-22)24(29)20-12-8-18(5-2)9-13-20/h6-15H,4-5H2,1-3H3. The summed E-state index contributed by atoms with van der Waals surface area (Å²) in [6.45, 7) is 5.98. The number of pyridine rings is 1. The molecule has 1 aromatic heterocycles. The minimum Gasteiger partial charge on any atom is -0.268 e. The molecule has 1 heterocycles. The molecule has 0 aliphatic rings. The molecule has 5 heteroatoms. The van der Waals surface area contributed by atoms with E-state index in [-0.39, 0.29) is 11.8 Å². The van der Waals surface area contributed by atoms with Crippen molar-refractivity contribution < 1.29 is 9.59 Å². The van der Waals surface area contributed by atoms with Crippen molar-refractivity contribution in [3.63, 3.8) is 0 Å². The van der Waals surface area contributed by atoms with Crippen LogP contribution in [-0.4, -0.2) is 16.8 Å². The Hall–Kier alpha value is -2.54. The number of halogens is 1. The number of amides is 2. The van der Waals surface area contributed by atoms with Crippen LogP contribution in [0.15, 0.2) is 60.8 Å². The summed E-state index contributed by atoms with van der Waals surface area (Å²) in [5.74, 6) is -0.400. The van der Waals surface area contributed by atoms with Gasteiger partial charge in [-0.25, -0.2) is 9.88 Å². The summed E-state index contributed by atoms with van der Waals surface area (Å²) in [4.78, 5) is 32.4. The molecule has 4 nitrogen and oxygen atoms in total. The zero-order valence-electron chi connectivity index (χ0n) is 16.8. The van der Waals surface area contributed by atoms with Crippen molar-refractivity contribution in [1.29, 1.82) is 0 Å². The monoisotopic (exact) mass is 498 g/mol. The number of imide groups is 1. The first kappa shape index (κ1) is 21.2. The Balaban J connectivity index is 2.07. The predicted octanol–water partition coefficient (Wildman–Crippen LogP) is 5.61. The number of aromatic nitrogens is 1. The van der Waals surface area contributed by atoms with Gasteiger partial charge in [-0.1, -0.05) is 38.1 Å². The molecule has 0 bridgehead atoms. The average Bonchev–Trinajstić information content (AvgIpc) is 2.75. The molecule has 0 spiro atoms. The van der Waals surface area contributed by atoms with Crippen molar-refractivity contribution >= 4 is 40.2 Å². The molecular formula is C24H23IN2O2. The number of anilines is 1. The molecule has 3 rings (SSSR count). The Kier molecular flexibility index (Phi) is 6.79. The number of benzene rings is 2. The van der Waals surface area contributed by atoms with Gasteiger partial charge in [0, 0.05) is 20.9 Å². The molecular weight excluding hydrogens is 475 g/mol. The molecule has 2 amide bonds. The van der Waals surface area contributed by atoms with Crippen LogP contribution in [0.1, 0.15) is 51.3 Å². The van der Waals surface area contributed by atoms with E-state index < -0.39 is 0 Å². The molecule has 0 atom stereocenters. The second-order valence-electron chi connectivity index (χ2n) is 6.84. The first-order valence-electron chi connectivity index (χ1n) is 9.63. The van der Waals surface area contributed by atoms with Crippen LogP contribution >= 0.6 is 22.6 Å². The van der Waals surface area contributed by atoms with Gasteiger partial charge >= 0.3 is 0 Å². The Morgan fingerprint density at radius 1 is 0.862 bits per heavy atom. The number of hydrogen-bond donors (Lipinski definition) is 0. The smallest absolute Gasteiger partial charge is 0.266 e. The molecule has 0 aliphatic heterocycles. The molecule has 0 saturated heterocycles. The van der Waals surface area contributed by atoms with Crippen LogP contribution in [0.4, 0.5) is 5.82 Å². The summed E-state index contributed by atoms with van der Waals surface area (Å²) in [6, 6.07) is 16.7. The first-order chi connectivity index (χ1) is 13.9. The first-order valence-corrected chi connectivity index (χ1v) is 10.7. The highest BCUT2D eigenvalue weighted by molar-refractivity contribution is 14.1. The van der Waals surface area contributed by atoms with Crippen LogP contribution in [0.2, 0.25) is 0 Å². The van der Waals surface area contributed by atoms with Gasteiger partial charge in [0.05, 0.1) is 0 Å². The van der Waals surface area contributed by atoms with Crippen LogP contribution in [0, 0.1) is 10.5 Å². The van der Waals surface area contributed by atoms with Gasteiger partial charge in [0.15, 0.2) is 0 Å². The third kappa shape index (κ3) is 4.72. The van der Waals surface area contributed by atoms with Gasteiger partial charge in [0.25, 0.3) is 11.8 Å². The van der Waals surface area contributed by atoms with Crippen LogP contribution < -0.4 is 4.90 Å². The maximum Gasteiger partial charge on any atom is 0.266 e. The maximum atomic E-state index is 13.4. The normalized spacial score (nSPS) is 10.6. The fourth-order valence-electron chi connectivity index (χ4n) is 3.08. The number of aryl methyl sites for hydroxylation is 3. The Labute approximate surface area is 185 Å². The van der Waals surface area contributed by atoms with Gasteiger partial charge in [-0.2, -0.15) is 0 Å². The fourth-order valence-corrected chi connectivity index (χ4v) is 3.68. The van der Waals surface area contributed by atoms with Crippen molar-refractivity contribution in [3.8, 4) is 0 Å². The lowest BCUT2D eigenvalue weighted by Gasteiger charge is -2.22. The molecule has 3 aromatic rings. The maximum absolute atomic E-state index is 13.4. The third-order valence-corrected chi connectivity index (χ3v) is 5.44. The van der Waals surface area contributed by atoms with E-state index in [1.54, 1.807) is 30.5 Å². The van der Waals surface area contributed by atoms with Gasteiger partial charge in [-0.05, 0) is 89.4 Å². The molecule has 0 unspecified atom stereocenters. The zero-order valence-corrected chi connectivity index (χ0v) is 18.9. The van der Waals surface area contributed by atoms with Crippen LogP contribution in [0.5, 0.6) is 0 Å². The lowest BCUT2D eigenvalue weighted by Crippen LogP contribution is -2.38. The zero-order chi connectivity index (χ0) is 21.0. The van der Waals surface area contributed by atoms with Gasteiger partial charge in [0.1, 0.15) is 5.82 Å². The van der Waals surface area contributed by atoms with E-state index >= 15 is 0 Å². The number of carbonyl (C=O) groups is 2. The topological polar surface area (TPSA) is 50.3 Å². The van der Waals surface area contributed by atoms with E-state index in [0.29, 0.717) is 16.9 Å². The third-order valence-electron chi connectivity index (χ3n) is 4.85. The van der Waals surface area contributed by atoms with Crippen molar-refractivity contribution in [3.05, 3.63) is 92.2 Å². The van der Waals surface area contributed by atoms with E-state index in [9.17, 15) is 9.59 Å². The Bertz CT molecular complexity index is 968. The molecule has 29 heavy (non-hydrogen) atoms. The lowest BCUT2D eigenvalue weighted by molar-refractivity contribution is 0.0896. The highest BCUT2D eigenvalue weighted by Crippen LogP contribution is 2.24. The van der Waals surface area contributed by atoms with E-state index in [4.69, 9.17) is 0 Å². The summed E-state index contributed by atoms with van der Waals surface area (Å²) in [6.07, 6.45) is 3.44. The van der Waals surface area contributed by atoms with Gasteiger partial charge < -0.3 is 0 Å². The van der Waals surface area contributed by atoms with Crippen LogP contribution in [-0.2, 0) is 12.8 Å². The second-order valence-corrected chi connectivity index (χ2v) is 8.09. The summed E-state index contributed by atoms with van der Waals surface area (Å²) in [7, 11) is 0. The highest BCUT2D eigenvalue weighted by Gasteiger charge is 2.28. The van der Waals surface area contributed by atoms with Crippen molar-refractivity contribution in [2.45, 2.75) is 33.6 Å². The van der Waals surface area contributed by atoms with Gasteiger partial charge in [-0.3, -0.25) is 9.59 Å². The van der Waals surface area contributed by atoms with Gasteiger partial charge in [-0.15, -0.1) is 0 Å². The van der Waals surface area contributed by atoms with E-state index in [0.717, 1.165) is 33.1 Å². The fraction of sp³-hybridized carbons (Fsp3) is 0.208. The van der Waals surface area contributed by atoms with Gasteiger partial charge in [0.2, 0.25) is 0 Å². The Morgan fingerprint density at radius 3 is 1.69 bits per heavy atom. The molecule has 0 saturated carbocycles. The number of carbonyl (C=O) groups excluding carboxylic acids is 2. The number of rotatable bonds is 5. The highest BCUT2D eigenvalue weighted by atomic mass is 127.